The molecule has 2 aromatic rings. The first-order valence-electron chi connectivity index (χ1n) is 6.13. The molecule has 1 aromatic carbocycles. The van der Waals surface area contributed by atoms with Crippen LogP contribution < -0.4 is 15.2 Å². The third kappa shape index (κ3) is 4.62. The van der Waals surface area contributed by atoms with Crippen LogP contribution in [0.25, 0.3) is 0 Å². The number of nitrogens with one attached hydrogen (secondary N) is 2. The quantitative estimate of drug-likeness (QED) is 0.664. The highest BCUT2D eigenvalue weighted by molar-refractivity contribution is 7.90. The van der Waals surface area contributed by atoms with Gasteiger partial charge in [0.2, 0.25) is 0 Å². The molecule has 0 saturated heterocycles. The van der Waals surface area contributed by atoms with E-state index in [1.165, 1.54) is 0 Å². The van der Waals surface area contributed by atoms with Gasteiger partial charge in [-0.25, -0.2) is 5.14 Å². The Morgan fingerprint density at radius 2 is 1.95 bits per heavy atom. The molecule has 0 aliphatic rings. The molecule has 0 fully saturated rings. The van der Waals surface area contributed by atoms with Crippen molar-refractivity contribution in [3.05, 3.63) is 47.8 Å². The summed E-state index contributed by atoms with van der Waals surface area (Å²) < 4.78 is 24.1. The number of hydrogen-bond acceptors (Lipinski definition) is 5. The molecule has 1 aromatic heterocycles. The number of pyridine rings is 1. The van der Waals surface area contributed by atoms with Gasteiger partial charge in [0.15, 0.2) is 0 Å². The van der Waals surface area contributed by atoms with Gasteiger partial charge in [-0.15, -0.1) is 0 Å². The fourth-order valence-corrected chi connectivity index (χ4v) is 2.23. The van der Waals surface area contributed by atoms with Gasteiger partial charge in [-0.05, 0) is 37.3 Å². The summed E-state index contributed by atoms with van der Waals surface area (Å²) in [6.45, 7) is 2.14. The summed E-state index contributed by atoms with van der Waals surface area (Å²) in [4.78, 5) is 4.23. The molecule has 2 rings (SSSR count). The largest absolute Gasteiger partial charge is 0.506 e. The normalized spacial score (nSPS) is 11.1. The Bertz CT molecular complexity index is 747. The van der Waals surface area contributed by atoms with Crippen molar-refractivity contribution in [3.63, 3.8) is 0 Å². The van der Waals surface area contributed by atoms with E-state index in [0.717, 1.165) is 5.69 Å². The minimum Gasteiger partial charge on any atom is -0.506 e. The van der Waals surface area contributed by atoms with Crippen LogP contribution >= 0.6 is 0 Å². The lowest BCUT2D eigenvalue weighted by molar-refractivity contribution is 0.464. The number of rotatable bonds is 5. The van der Waals surface area contributed by atoms with E-state index in [1.807, 2.05) is 6.92 Å². The number of aromatic nitrogens is 1. The SMILES string of the molecule is Cc1ccc(O)c(CNc2cccc(NS(N)(=O)=O)c2)n1. The van der Waals surface area contributed by atoms with E-state index in [-0.39, 0.29) is 5.75 Å². The first-order valence-corrected chi connectivity index (χ1v) is 7.68. The lowest BCUT2D eigenvalue weighted by atomic mass is 10.2. The molecule has 0 saturated carbocycles. The van der Waals surface area contributed by atoms with Crippen LogP contribution in [-0.2, 0) is 16.8 Å². The zero-order valence-electron chi connectivity index (χ0n) is 11.4. The average molecular weight is 308 g/mol. The van der Waals surface area contributed by atoms with Gasteiger partial charge in [0.05, 0.1) is 12.2 Å². The summed E-state index contributed by atoms with van der Waals surface area (Å²) in [7, 11) is -3.80. The number of nitrogens with zero attached hydrogens (tertiary/aromatic N) is 1. The molecule has 0 amide bonds. The number of aryl methyl sites for hydroxylation is 1. The van der Waals surface area contributed by atoms with Crippen molar-refractivity contribution in [1.29, 1.82) is 0 Å². The molecule has 0 unspecified atom stereocenters. The summed E-state index contributed by atoms with van der Waals surface area (Å²) in [5.74, 6) is 0.104. The van der Waals surface area contributed by atoms with E-state index in [0.29, 0.717) is 23.6 Å². The molecule has 21 heavy (non-hydrogen) atoms. The predicted octanol–water partition coefficient (Wildman–Crippen LogP) is 1.32. The Kier molecular flexibility index (Phi) is 4.29. The molecular weight excluding hydrogens is 292 g/mol. The molecule has 1 heterocycles. The molecule has 0 aliphatic carbocycles. The molecule has 7 nitrogen and oxygen atoms in total. The maximum absolute atomic E-state index is 11.0. The molecule has 0 spiro atoms. The Morgan fingerprint density at radius 1 is 1.24 bits per heavy atom. The van der Waals surface area contributed by atoms with Gasteiger partial charge in [0.1, 0.15) is 11.4 Å². The molecule has 0 radical (unpaired) electrons. The number of anilines is 2. The van der Waals surface area contributed by atoms with Crippen molar-refractivity contribution in [2.75, 3.05) is 10.0 Å². The van der Waals surface area contributed by atoms with Crippen molar-refractivity contribution in [2.24, 2.45) is 5.14 Å². The maximum Gasteiger partial charge on any atom is 0.296 e. The second-order valence-electron chi connectivity index (χ2n) is 4.50. The minimum atomic E-state index is -3.80. The highest BCUT2D eigenvalue weighted by Gasteiger charge is 2.05. The summed E-state index contributed by atoms with van der Waals surface area (Å²) in [5.41, 5.74) is 2.34. The highest BCUT2D eigenvalue weighted by Crippen LogP contribution is 2.19. The molecule has 0 aliphatic heterocycles. The summed E-state index contributed by atoms with van der Waals surface area (Å²) in [6, 6.07) is 9.92. The van der Waals surface area contributed by atoms with E-state index in [2.05, 4.69) is 15.0 Å². The van der Waals surface area contributed by atoms with Crippen LogP contribution in [0, 0.1) is 6.92 Å². The number of aromatic hydroxyl groups is 1. The van der Waals surface area contributed by atoms with Gasteiger partial charge in [-0.1, -0.05) is 6.07 Å². The van der Waals surface area contributed by atoms with Crippen LogP contribution in [0.15, 0.2) is 36.4 Å². The van der Waals surface area contributed by atoms with E-state index < -0.39 is 10.2 Å². The Hall–Kier alpha value is -2.32. The monoisotopic (exact) mass is 308 g/mol. The van der Waals surface area contributed by atoms with Crippen LogP contribution in [0.3, 0.4) is 0 Å². The van der Waals surface area contributed by atoms with E-state index in [9.17, 15) is 13.5 Å². The van der Waals surface area contributed by atoms with Gasteiger partial charge < -0.3 is 10.4 Å². The predicted molar refractivity (Wildman–Crippen MR) is 81.1 cm³/mol. The van der Waals surface area contributed by atoms with Crippen LogP contribution in [0.1, 0.15) is 11.4 Å². The van der Waals surface area contributed by atoms with Crippen LogP contribution in [0.2, 0.25) is 0 Å². The van der Waals surface area contributed by atoms with Crippen molar-refractivity contribution in [1.82, 2.24) is 4.98 Å². The molecule has 0 bridgehead atoms. The Labute approximate surface area is 123 Å². The summed E-state index contributed by atoms with van der Waals surface area (Å²) in [5, 5.41) is 17.7. The standard InChI is InChI=1S/C13H16N4O3S/c1-9-5-6-13(18)12(16-9)8-15-10-3-2-4-11(7-10)17-21(14,19)20/h2-7,15,17-18H,8H2,1H3,(H2,14,19,20). The minimum absolute atomic E-state index is 0.104. The van der Waals surface area contributed by atoms with Crippen LogP contribution in [0.5, 0.6) is 5.75 Å². The van der Waals surface area contributed by atoms with Crippen LogP contribution in [-0.4, -0.2) is 18.5 Å². The lowest BCUT2D eigenvalue weighted by Gasteiger charge is -2.10. The summed E-state index contributed by atoms with van der Waals surface area (Å²) >= 11 is 0. The van der Waals surface area contributed by atoms with E-state index in [4.69, 9.17) is 5.14 Å². The first kappa shape index (κ1) is 15.1. The van der Waals surface area contributed by atoms with Gasteiger partial charge in [0.25, 0.3) is 10.2 Å². The van der Waals surface area contributed by atoms with Crippen molar-refractivity contribution in [3.8, 4) is 5.75 Å². The molecular formula is C13H16N4O3S. The summed E-state index contributed by atoms with van der Waals surface area (Å²) in [6.07, 6.45) is 0. The third-order valence-corrected chi connectivity index (χ3v) is 3.19. The number of hydrogen-bond donors (Lipinski definition) is 4. The second-order valence-corrected chi connectivity index (χ2v) is 5.79. The molecule has 112 valence electrons. The molecule has 8 heteroatoms. The molecule has 0 atom stereocenters. The lowest BCUT2D eigenvalue weighted by Crippen LogP contribution is -2.21. The highest BCUT2D eigenvalue weighted by atomic mass is 32.2. The van der Waals surface area contributed by atoms with Crippen LogP contribution in [0.4, 0.5) is 11.4 Å². The van der Waals surface area contributed by atoms with Crippen molar-refractivity contribution in [2.45, 2.75) is 13.5 Å². The second kappa shape index (κ2) is 5.98. The van der Waals surface area contributed by atoms with Gasteiger partial charge >= 0.3 is 0 Å². The Morgan fingerprint density at radius 3 is 2.67 bits per heavy atom. The van der Waals surface area contributed by atoms with Crippen molar-refractivity contribution < 1.29 is 13.5 Å². The zero-order valence-corrected chi connectivity index (χ0v) is 12.2. The first-order chi connectivity index (χ1) is 9.83. The fraction of sp³-hybridized carbons (Fsp3) is 0.154. The van der Waals surface area contributed by atoms with E-state index >= 15 is 0 Å². The number of benzene rings is 1. The average Bonchev–Trinajstić information content (AvgIpc) is 2.38. The van der Waals surface area contributed by atoms with Gasteiger partial charge in [-0.2, -0.15) is 8.42 Å². The van der Waals surface area contributed by atoms with E-state index in [1.54, 1.807) is 36.4 Å². The number of nitrogens with two attached hydrogens (primary N) is 1. The fourth-order valence-electron chi connectivity index (χ4n) is 1.78. The molecule has 5 N–H and O–H groups in total. The third-order valence-electron chi connectivity index (χ3n) is 2.67. The topological polar surface area (TPSA) is 117 Å². The smallest absolute Gasteiger partial charge is 0.296 e. The van der Waals surface area contributed by atoms with Crippen molar-refractivity contribution >= 4 is 21.6 Å². The van der Waals surface area contributed by atoms with Gasteiger partial charge in [-0.3, -0.25) is 9.71 Å². The van der Waals surface area contributed by atoms with Gasteiger partial charge in [0, 0.05) is 11.4 Å². The zero-order chi connectivity index (χ0) is 15.5. The Balaban J connectivity index is 2.10. The maximum atomic E-state index is 11.0.